The SMILES string of the molecule is CCCP(OC(C)=O)(c1ccccc1)(c1ccccc1)c1ccccc1. The van der Waals surface area contributed by atoms with Crippen molar-refractivity contribution in [2.24, 2.45) is 0 Å². The molecule has 0 spiro atoms. The van der Waals surface area contributed by atoms with Crippen molar-refractivity contribution < 1.29 is 9.32 Å². The minimum absolute atomic E-state index is 0.243. The van der Waals surface area contributed by atoms with Gasteiger partial charge in [0.2, 0.25) is 0 Å². The minimum atomic E-state index is -3.40. The van der Waals surface area contributed by atoms with Gasteiger partial charge >= 0.3 is 155 Å². The van der Waals surface area contributed by atoms with Gasteiger partial charge in [-0.05, 0) is 0 Å². The van der Waals surface area contributed by atoms with Crippen LogP contribution in [0.15, 0.2) is 91.0 Å². The summed E-state index contributed by atoms with van der Waals surface area (Å²) >= 11 is 0. The van der Waals surface area contributed by atoms with Gasteiger partial charge in [0.25, 0.3) is 0 Å². The molecule has 0 heterocycles. The second-order valence-corrected chi connectivity index (χ2v) is 11.1. The predicted molar refractivity (Wildman–Crippen MR) is 112 cm³/mol. The molecule has 0 fully saturated rings. The molecule has 3 aromatic rings. The molecular formula is C23H25O2P. The van der Waals surface area contributed by atoms with Crippen molar-refractivity contribution in [3.05, 3.63) is 91.0 Å². The Morgan fingerprint density at radius 1 is 0.731 bits per heavy atom. The molecule has 26 heavy (non-hydrogen) atoms. The molecule has 0 unspecified atom stereocenters. The molecule has 0 aromatic heterocycles. The Morgan fingerprint density at radius 3 is 1.35 bits per heavy atom. The first-order valence-electron chi connectivity index (χ1n) is 9.02. The molecule has 0 amide bonds. The Balaban J connectivity index is 2.51. The summed E-state index contributed by atoms with van der Waals surface area (Å²) in [4.78, 5) is 12.5. The second kappa shape index (κ2) is 7.43. The Hall–Kier alpha value is -2.44. The Bertz CT molecular complexity index is 761. The molecule has 2 nitrogen and oxygen atoms in total. The van der Waals surface area contributed by atoms with E-state index in [0.29, 0.717) is 0 Å². The van der Waals surface area contributed by atoms with Gasteiger partial charge in [0, 0.05) is 0 Å². The molecular weight excluding hydrogens is 339 g/mol. The third-order valence-electron chi connectivity index (χ3n) is 4.89. The van der Waals surface area contributed by atoms with Crippen LogP contribution in [0.25, 0.3) is 0 Å². The molecule has 3 heteroatoms. The molecule has 0 N–H and O–H groups in total. The van der Waals surface area contributed by atoms with Crippen LogP contribution < -0.4 is 15.9 Å². The number of hydrogen-bond acceptors (Lipinski definition) is 2. The van der Waals surface area contributed by atoms with Crippen molar-refractivity contribution in [3.63, 3.8) is 0 Å². The van der Waals surface area contributed by atoms with Crippen LogP contribution >= 0.6 is 6.83 Å². The van der Waals surface area contributed by atoms with Crippen LogP contribution in [0, 0.1) is 0 Å². The average molecular weight is 364 g/mol. The van der Waals surface area contributed by atoms with E-state index in [1.54, 1.807) is 0 Å². The van der Waals surface area contributed by atoms with Crippen molar-refractivity contribution in [1.29, 1.82) is 0 Å². The molecule has 134 valence electrons. The van der Waals surface area contributed by atoms with Crippen molar-refractivity contribution in [3.8, 4) is 0 Å². The molecule has 0 aliphatic rings. The van der Waals surface area contributed by atoms with E-state index in [-0.39, 0.29) is 5.97 Å². The van der Waals surface area contributed by atoms with Gasteiger partial charge in [0.05, 0.1) is 0 Å². The van der Waals surface area contributed by atoms with E-state index in [1.165, 1.54) is 6.92 Å². The zero-order valence-corrected chi connectivity index (χ0v) is 16.2. The van der Waals surface area contributed by atoms with Crippen molar-refractivity contribution in [2.45, 2.75) is 20.3 Å². The van der Waals surface area contributed by atoms with Crippen LogP contribution in [-0.2, 0) is 9.32 Å². The molecule has 0 saturated carbocycles. The molecule has 0 atom stereocenters. The fraction of sp³-hybridized carbons (Fsp3) is 0.174. The number of carbonyl (C=O) groups excluding carboxylic acids is 1. The van der Waals surface area contributed by atoms with Gasteiger partial charge in [-0.15, -0.1) is 0 Å². The Labute approximate surface area is 155 Å². The van der Waals surface area contributed by atoms with E-state index in [1.807, 2.05) is 54.6 Å². The summed E-state index contributed by atoms with van der Waals surface area (Å²) in [6, 6.07) is 30.8. The molecule has 0 bridgehead atoms. The third kappa shape index (κ3) is 2.85. The van der Waals surface area contributed by atoms with Gasteiger partial charge in [-0.1, -0.05) is 0 Å². The van der Waals surface area contributed by atoms with E-state index in [0.717, 1.165) is 28.5 Å². The van der Waals surface area contributed by atoms with Gasteiger partial charge in [0.15, 0.2) is 0 Å². The maximum absolute atomic E-state index is 12.5. The normalized spacial score (nSPS) is 12.8. The van der Waals surface area contributed by atoms with E-state index in [4.69, 9.17) is 4.52 Å². The third-order valence-corrected chi connectivity index (χ3v) is 11.0. The molecule has 0 aliphatic carbocycles. The number of hydrogen-bond donors (Lipinski definition) is 0. The first-order chi connectivity index (χ1) is 12.6. The fourth-order valence-electron chi connectivity index (χ4n) is 3.98. The van der Waals surface area contributed by atoms with Gasteiger partial charge in [-0.2, -0.15) is 0 Å². The number of benzene rings is 3. The van der Waals surface area contributed by atoms with Crippen LogP contribution in [-0.4, -0.2) is 12.1 Å². The van der Waals surface area contributed by atoms with Gasteiger partial charge < -0.3 is 0 Å². The maximum atomic E-state index is 12.5. The topological polar surface area (TPSA) is 26.3 Å². The summed E-state index contributed by atoms with van der Waals surface area (Å²) in [5.41, 5.74) is 0. The number of carbonyl (C=O) groups is 1. The van der Waals surface area contributed by atoms with Gasteiger partial charge in [-0.25, -0.2) is 0 Å². The summed E-state index contributed by atoms with van der Waals surface area (Å²) < 4.78 is 6.52. The average Bonchev–Trinajstić information content (AvgIpc) is 2.69. The van der Waals surface area contributed by atoms with E-state index >= 15 is 0 Å². The summed E-state index contributed by atoms with van der Waals surface area (Å²) in [5.74, 6) is -0.243. The molecule has 3 rings (SSSR count). The monoisotopic (exact) mass is 364 g/mol. The van der Waals surface area contributed by atoms with Gasteiger partial charge in [0.1, 0.15) is 0 Å². The first-order valence-corrected chi connectivity index (χ1v) is 11.4. The van der Waals surface area contributed by atoms with Crippen LogP contribution in [0.1, 0.15) is 20.3 Å². The fourth-order valence-corrected chi connectivity index (χ4v) is 9.88. The quantitative estimate of drug-likeness (QED) is 0.606. The van der Waals surface area contributed by atoms with Crippen LogP contribution in [0.5, 0.6) is 0 Å². The van der Waals surface area contributed by atoms with E-state index in [2.05, 4.69) is 43.3 Å². The second-order valence-electron chi connectivity index (χ2n) is 6.53. The van der Waals surface area contributed by atoms with E-state index in [9.17, 15) is 4.79 Å². The molecule has 0 radical (unpaired) electrons. The van der Waals surface area contributed by atoms with Crippen molar-refractivity contribution in [1.82, 2.24) is 0 Å². The molecule has 3 aromatic carbocycles. The Kier molecular flexibility index (Phi) is 5.25. The van der Waals surface area contributed by atoms with Crippen molar-refractivity contribution >= 4 is 28.7 Å². The summed E-state index contributed by atoms with van der Waals surface area (Å²) in [5, 5.41) is 3.27. The first kappa shape index (κ1) is 18.4. The van der Waals surface area contributed by atoms with Crippen LogP contribution in [0.4, 0.5) is 0 Å². The van der Waals surface area contributed by atoms with Gasteiger partial charge in [-0.3, -0.25) is 0 Å². The molecule has 0 saturated heterocycles. The number of rotatable bonds is 6. The standard InChI is InChI=1S/C23H25O2P/c1-3-19-26(25-20(2)24,21-13-7-4-8-14-21,22-15-9-5-10-16-22)23-17-11-6-12-18-23/h4-18H,3,19H2,1-2H3. The summed E-state index contributed by atoms with van der Waals surface area (Å²) in [6.07, 6.45) is 1.69. The van der Waals surface area contributed by atoms with Crippen LogP contribution in [0.3, 0.4) is 0 Å². The predicted octanol–water partition coefficient (Wildman–Crippen LogP) is 4.40. The Morgan fingerprint density at radius 2 is 1.08 bits per heavy atom. The van der Waals surface area contributed by atoms with Crippen LogP contribution in [0.2, 0.25) is 0 Å². The summed E-state index contributed by atoms with van der Waals surface area (Å²) in [6.45, 7) is 0.272. The molecule has 0 aliphatic heterocycles. The zero-order chi connectivity index (χ0) is 18.5. The van der Waals surface area contributed by atoms with E-state index < -0.39 is 6.83 Å². The van der Waals surface area contributed by atoms with Crippen molar-refractivity contribution in [2.75, 3.05) is 6.16 Å². The summed E-state index contributed by atoms with van der Waals surface area (Å²) in [7, 11) is 0. The zero-order valence-electron chi connectivity index (χ0n) is 15.3.